The second-order valence-electron chi connectivity index (χ2n) is 7.77. The molecule has 0 aromatic heterocycles. The van der Waals surface area contributed by atoms with Crippen molar-refractivity contribution in [2.24, 2.45) is 17.3 Å². The van der Waals surface area contributed by atoms with Gasteiger partial charge in [0.1, 0.15) is 0 Å². The Hall–Kier alpha value is -0.820. The van der Waals surface area contributed by atoms with Gasteiger partial charge in [0.15, 0.2) is 0 Å². The minimum atomic E-state index is 0.168. The molecule has 3 fully saturated rings. The van der Waals surface area contributed by atoms with Crippen LogP contribution in [0.5, 0.6) is 0 Å². The van der Waals surface area contributed by atoms with E-state index in [1.165, 1.54) is 51.4 Å². The molecule has 0 radical (unpaired) electrons. The predicted octanol–water partition coefficient (Wildman–Crippen LogP) is 4.14. The molecule has 106 valence electrons. The maximum atomic E-state index is 6.63. The van der Waals surface area contributed by atoms with E-state index in [1.54, 1.807) is 11.1 Å². The van der Waals surface area contributed by atoms with Gasteiger partial charge < -0.3 is 4.74 Å². The van der Waals surface area contributed by atoms with Gasteiger partial charge in [0.2, 0.25) is 0 Å². The molecule has 4 aliphatic rings. The van der Waals surface area contributed by atoms with E-state index in [-0.39, 0.29) is 5.60 Å². The summed E-state index contributed by atoms with van der Waals surface area (Å²) in [5, 5.41) is 0. The zero-order chi connectivity index (χ0) is 13.2. The molecular weight excluding hydrogens is 244 g/mol. The quantitative estimate of drug-likeness (QED) is 0.687. The number of fused-ring (bicyclic) bond motifs is 2. The van der Waals surface area contributed by atoms with Crippen molar-refractivity contribution in [2.45, 2.75) is 57.0 Å². The highest BCUT2D eigenvalue weighted by atomic mass is 16.5. The summed E-state index contributed by atoms with van der Waals surface area (Å²) in [4.78, 5) is 0. The Morgan fingerprint density at radius 2 is 1.65 bits per heavy atom. The third-order valence-corrected chi connectivity index (χ3v) is 7.14. The first-order chi connectivity index (χ1) is 9.82. The highest BCUT2D eigenvalue weighted by Gasteiger charge is 2.62. The Morgan fingerprint density at radius 3 is 2.40 bits per heavy atom. The number of rotatable bonds is 0. The van der Waals surface area contributed by atoms with Crippen LogP contribution in [0.4, 0.5) is 0 Å². The van der Waals surface area contributed by atoms with Crippen molar-refractivity contribution in [3.63, 3.8) is 0 Å². The lowest BCUT2D eigenvalue weighted by molar-refractivity contribution is -0.182. The Kier molecular flexibility index (Phi) is 2.29. The lowest BCUT2D eigenvalue weighted by Crippen LogP contribution is -2.55. The van der Waals surface area contributed by atoms with E-state index in [1.807, 2.05) is 0 Å². The van der Waals surface area contributed by atoms with Crippen molar-refractivity contribution in [3.8, 4) is 0 Å². The summed E-state index contributed by atoms with van der Waals surface area (Å²) in [5.74, 6) is 1.72. The monoisotopic (exact) mass is 268 g/mol. The van der Waals surface area contributed by atoms with Crippen LogP contribution in [0.2, 0.25) is 0 Å². The molecular formula is C19H24O. The smallest absolute Gasteiger partial charge is 0.0796 e. The van der Waals surface area contributed by atoms with Gasteiger partial charge in [0.05, 0.1) is 12.2 Å². The van der Waals surface area contributed by atoms with Crippen molar-refractivity contribution < 1.29 is 4.74 Å². The molecule has 2 spiro atoms. The fraction of sp³-hybridized carbons (Fsp3) is 0.684. The summed E-state index contributed by atoms with van der Waals surface area (Å²) in [5.41, 5.74) is 3.96. The molecule has 0 bridgehead atoms. The average Bonchev–Trinajstić information content (AvgIpc) is 3.15. The third kappa shape index (κ3) is 1.33. The van der Waals surface area contributed by atoms with E-state index < -0.39 is 0 Å². The first-order valence-electron chi connectivity index (χ1n) is 8.53. The molecule has 3 atom stereocenters. The van der Waals surface area contributed by atoms with Crippen LogP contribution in [0.15, 0.2) is 24.3 Å². The molecule has 1 aromatic rings. The largest absolute Gasteiger partial charge is 0.374 e. The van der Waals surface area contributed by atoms with Gasteiger partial charge in [-0.05, 0) is 54.1 Å². The molecule has 3 aliphatic carbocycles. The molecule has 5 rings (SSSR count). The maximum Gasteiger partial charge on any atom is 0.0796 e. The first-order valence-corrected chi connectivity index (χ1v) is 8.53. The fourth-order valence-electron chi connectivity index (χ4n) is 6.42. The second kappa shape index (κ2) is 3.88. The Morgan fingerprint density at radius 1 is 0.950 bits per heavy atom. The molecule has 1 nitrogen and oxygen atoms in total. The number of benzene rings is 1. The molecule has 0 N–H and O–H groups in total. The Bertz CT molecular complexity index is 519. The van der Waals surface area contributed by atoms with Crippen molar-refractivity contribution in [1.29, 1.82) is 0 Å². The van der Waals surface area contributed by atoms with Crippen molar-refractivity contribution >= 4 is 0 Å². The van der Waals surface area contributed by atoms with E-state index in [2.05, 4.69) is 24.3 Å². The lowest BCUT2D eigenvalue weighted by atomic mass is 9.61. The number of hydrogen-bond donors (Lipinski definition) is 0. The van der Waals surface area contributed by atoms with E-state index in [4.69, 9.17) is 4.74 Å². The molecule has 1 aromatic carbocycles. The van der Waals surface area contributed by atoms with Gasteiger partial charge in [0, 0.05) is 12.8 Å². The summed E-state index contributed by atoms with van der Waals surface area (Å²) in [6.45, 7) is 1.05. The van der Waals surface area contributed by atoms with Gasteiger partial charge in [-0.15, -0.1) is 0 Å². The molecule has 3 unspecified atom stereocenters. The van der Waals surface area contributed by atoms with Crippen LogP contribution in [-0.4, -0.2) is 12.2 Å². The van der Waals surface area contributed by atoms with E-state index >= 15 is 0 Å². The lowest BCUT2D eigenvalue weighted by Gasteiger charge is -2.52. The molecule has 2 saturated carbocycles. The summed E-state index contributed by atoms with van der Waals surface area (Å²) in [6.07, 6.45) is 11.1. The van der Waals surface area contributed by atoms with Gasteiger partial charge >= 0.3 is 0 Å². The van der Waals surface area contributed by atoms with Crippen LogP contribution in [0.3, 0.4) is 0 Å². The fourth-order valence-corrected chi connectivity index (χ4v) is 6.42. The van der Waals surface area contributed by atoms with E-state index in [0.29, 0.717) is 5.41 Å². The van der Waals surface area contributed by atoms with Gasteiger partial charge in [-0.25, -0.2) is 0 Å². The normalized spacial score (nSPS) is 40.6. The van der Waals surface area contributed by atoms with Crippen molar-refractivity contribution in [1.82, 2.24) is 0 Å². The highest BCUT2D eigenvalue weighted by molar-refractivity contribution is 5.37. The molecule has 1 heterocycles. The van der Waals surface area contributed by atoms with Gasteiger partial charge in [-0.3, -0.25) is 0 Å². The predicted molar refractivity (Wildman–Crippen MR) is 79.6 cm³/mol. The molecule has 1 aliphatic heterocycles. The zero-order valence-corrected chi connectivity index (χ0v) is 12.2. The molecule has 1 heteroatoms. The van der Waals surface area contributed by atoms with Crippen LogP contribution in [0.25, 0.3) is 0 Å². The van der Waals surface area contributed by atoms with Gasteiger partial charge in [0.25, 0.3) is 0 Å². The first kappa shape index (κ1) is 11.8. The molecule has 1 saturated heterocycles. The van der Waals surface area contributed by atoms with E-state index in [0.717, 1.165) is 18.4 Å². The average molecular weight is 268 g/mol. The minimum Gasteiger partial charge on any atom is -0.374 e. The Labute approximate surface area is 121 Å². The Balaban J connectivity index is 1.57. The van der Waals surface area contributed by atoms with Crippen LogP contribution in [-0.2, 0) is 17.6 Å². The standard InChI is InChI=1S/C19H24O/c1-2-6-15-12-19(11-14(15)5-1)17-8-4-10-18(17)9-3-7-16(18)13-20-19/h1-2,5-6,16-17H,3-4,7-13H2. The second-order valence-corrected chi connectivity index (χ2v) is 7.77. The van der Waals surface area contributed by atoms with Gasteiger partial charge in [-0.1, -0.05) is 37.1 Å². The summed E-state index contributed by atoms with van der Waals surface area (Å²) >= 11 is 0. The van der Waals surface area contributed by atoms with Gasteiger partial charge in [-0.2, -0.15) is 0 Å². The number of ether oxygens (including phenoxy) is 1. The summed E-state index contributed by atoms with van der Waals surface area (Å²) in [6, 6.07) is 9.05. The summed E-state index contributed by atoms with van der Waals surface area (Å²) in [7, 11) is 0. The highest BCUT2D eigenvalue weighted by Crippen LogP contribution is 2.65. The minimum absolute atomic E-state index is 0.168. The van der Waals surface area contributed by atoms with Crippen LogP contribution < -0.4 is 0 Å². The van der Waals surface area contributed by atoms with Crippen molar-refractivity contribution in [3.05, 3.63) is 35.4 Å². The third-order valence-electron chi connectivity index (χ3n) is 7.14. The van der Waals surface area contributed by atoms with Crippen LogP contribution in [0, 0.1) is 17.3 Å². The van der Waals surface area contributed by atoms with E-state index in [9.17, 15) is 0 Å². The number of hydrogen-bond acceptors (Lipinski definition) is 1. The zero-order valence-electron chi connectivity index (χ0n) is 12.2. The van der Waals surface area contributed by atoms with Crippen LogP contribution >= 0.6 is 0 Å². The topological polar surface area (TPSA) is 9.23 Å². The van der Waals surface area contributed by atoms with Crippen LogP contribution in [0.1, 0.15) is 49.7 Å². The maximum absolute atomic E-state index is 6.63. The molecule has 0 amide bonds. The SMILES string of the molecule is c1ccc2c(c1)CC1(C2)OCC2CCCC23CCCC13. The van der Waals surface area contributed by atoms with Crippen molar-refractivity contribution in [2.75, 3.05) is 6.61 Å². The molecule has 20 heavy (non-hydrogen) atoms. The summed E-state index contributed by atoms with van der Waals surface area (Å²) < 4.78 is 6.63.